The maximum atomic E-state index is 11.5. The highest BCUT2D eigenvalue weighted by molar-refractivity contribution is 7.11. The summed E-state index contributed by atoms with van der Waals surface area (Å²) >= 11 is 1.47. The maximum Gasteiger partial charge on any atom is 0.414 e. The summed E-state index contributed by atoms with van der Waals surface area (Å²) in [7, 11) is 0. The van der Waals surface area contributed by atoms with Gasteiger partial charge in [-0.05, 0) is 24.6 Å². The standard InChI is InChI=1S/C14H14N2O3S/c1-9-15-8-12(20-9)13(17)10-2-4-11(5-3-10)16-6-7-19-14(16)18/h2-5,8,13,17H,6-7H2,1H3. The molecule has 20 heavy (non-hydrogen) atoms. The van der Waals surface area contributed by atoms with Gasteiger partial charge < -0.3 is 9.84 Å². The van der Waals surface area contributed by atoms with Crippen molar-refractivity contribution in [1.82, 2.24) is 4.98 Å². The van der Waals surface area contributed by atoms with E-state index < -0.39 is 6.10 Å². The second kappa shape index (κ2) is 5.22. The second-order valence-electron chi connectivity index (χ2n) is 4.54. The first-order chi connectivity index (χ1) is 9.65. The first-order valence-corrected chi connectivity index (χ1v) is 7.11. The summed E-state index contributed by atoms with van der Waals surface area (Å²) < 4.78 is 4.90. The summed E-state index contributed by atoms with van der Waals surface area (Å²) in [5.41, 5.74) is 1.56. The van der Waals surface area contributed by atoms with E-state index in [9.17, 15) is 9.90 Å². The van der Waals surface area contributed by atoms with Gasteiger partial charge >= 0.3 is 6.09 Å². The molecule has 3 rings (SSSR count). The molecule has 1 aromatic carbocycles. The van der Waals surface area contributed by atoms with E-state index in [4.69, 9.17) is 4.74 Å². The van der Waals surface area contributed by atoms with E-state index in [1.807, 2.05) is 31.2 Å². The Morgan fingerprint density at radius 3 is 2.70 bits per heavy atom. The summed E-state index contributed by atoms with van der Waals surface area (Å²) in [6.45, 7) is 2.89. The smallest absolute Gasteiger partial charge is 0.414 e. The number of anilines is 1. The minimum Gasteiger partial charge on any atom is -0.447 e. The molecule has 1 N–H and O–H groups in total. The molecule has 5 nitrogen and oxygen atoms in total. The van der Waals surface area contributed by atoms with Gasteiger partial charge in [-0.1, -0.05) is 12.1 Å². The zero-order valence-electron chi connectivity index (χ0n) is 10.9. The minimum atomic E-state index is -0.680. The van der Waals surface area contributed by atoms with E-state index >= 15 is 0 Å². The molecule has 1 amide bonds. The quantitative estimate of drug-likeness (QED) is 0.943. The molecule has 1 saturated heterocycles. The number of carbonyl (C=O) groups is 1. The van der Waals surface area contributed by atoms with Gasteiger partial charge in [0.25, 0.3) is 0 Å². The third-order valence-electron chi connectivity index (χ3n) is 3.19. The van der Waals surface area contributed by atoms with Crippen molar-refractivity contribution in [2.75, 3.05) is 18.1 Å². The Hall–Kier alpha value is -1.92. The third-order valence-corrected chi connectivity index (χ3v) is 4.16. The topological polar surface area (TPSA) is 62.7 Å². The fourth-order valence-electron chi connectivity index (χ4n) is 2.13. The third kappa shape index (κ3) is 2.39. The van der Waals surface area contributed by atoms with E-state index in [1.54, 1.807) is 11.1 Å². The number of ether oxygens (including phenoxy) is 1. The van der Waals surface area contributed by atoms with Crippen LogP contribution in [0.25, 0.3) is 0 Å². The normalized spacial score (nSPS) is 16.3. The van der Waals surface area contributed by atoms with E-state index in [1.165, 1.54) is 11.3 Å². The van der Waals surface area contributed by atoms with Gasteiger partial charge in [0.15, 0.2) is 0 Å². The van der Waals surface area contributed by atoms with Crippen LogP contribution in [-0.4, -0.2) is 29.3 Å². The van der Waals surface area contributed by atoms with Crippen molar-refractivity contribution in [2.45, 2.75) is 13.0 Å². The predicted molar refractivity (Wildman–Crippen MR) is 76.0 cm³/mol. The van der Waals surface area contributed by atoms with Crippen LogP contribution in [-0.2, 0) is 4.74 Å². The van der Waals surface area contributed by atoms with Crippen LogP contribution < -0.4 is 4.90 Å². The summed E-state index contributed by atoms with van der Waals surface area (Å²) in [6.07, 6.45) is 0.688. The number of hydrogen-bond donors (Lipinski definition) is 1. The number of rotatable bonds is 3. The van der Waals surface area contributed by atoms with Crippen LogP contribution in [0.1, 0.15) is 21.6 Å². The van der Waals surface area contributed by atoms with Gasteiger partial charge in [0.05, 0.1) is 16.4 Å². The van der Waals surface area contributed by atoms with Gasteiger partial charge in [-0.25, -0.2) is 9.78 Å². The highest BCUT2D eigenvalue weighted by atomic mass is 32.1. The predicted octanol–water partition coefficient (Wildman–Crippen LogP) is 2.49. The Morgan fingerprint density at radius 1 is 1.40 bits per heavy atom. The lowest BCUT2D eigenvalue weighted by Crippen LogP contribution is -2.23. The number of amides is 1. The van der Waals surface area contributed by atoms with Gasteiger partial charge in [0, 0.05) is 11.9 Å². The Kier molecular flexibility index (Phi) is 3.42. The van der Waals surface area contributed by atoms with Gasteiger partial charge in [0.1, 0.15) is 12.7 Å². The molecule has 1 unspecified atom stereocenters. The largest absolute Gasteiger partial charge is 0.447 e. The molecule has 1 aliphatic rings. The number of benzene rings is 1. The fraction of sp³-hybridized carbons (Fsp3) is 0.286. The molecule has 1 aliphatic heterocycles. The van der Waals surface area contributed by atoms with Crippen molar-refractivity contribution < 1.29 is 14.6 Å². The molecule has 2 heterocycles. The Labute approximate surface area is 120 Å². The number of hydrogen-bond acceptors (Lipinski definition) is 5. The summed E-state index contributed by atoms with van der Waals surface area (Å²) in [6, 6.07) is 7.28. The van der Waals surface area contributed by atoms with E-state index in [2.05, 4.69) is 4.98 Å². The number of nitrogens with zero attached hydrogens (tertiary/aromatic N) is 2. The van der Waals surface area contributed by atoms with E-state index in [0.29, 0.717) is 13.2 Å². The van der Waals surface area contributed by atoms with Gasteiger partial charge in [-0.15, -0.1) is 11.3 Å². The number of aromatic nitrogens is 1. The number of aliphatic hydroxyl groups is 1. The van der Waals surface area contributed by atoms with Crippen molar-refractivity contribution in [2.24, 2.45) is 0 Å². The molecular formula is C14H14N2O3S. The average Bonchev–Trinajstić information content (AvgIpc) is 3.07. The minimum absolute atomic E-state index is 0.323. The van der Waals surface area contributed by atoms with Gasteiger partial charge in [-0.2, -0.15) is 0 Å². The van der Waals surface area contributed by atoms with E-state index in [-0.39, 0.29) is 6.09 Å². The van der Waals surface area contributed by atoms with Crippen molar-refractivity contribution in [1.29, 1.82) is 0 Å². The molecule has 0 saturated carbocycles. The lowest BCUT2D eigenvalue weighted by atomic mass is 10.1. The fourth-order valence-corrected chi connectivity index (χ4v) is 2.93. The summed E-state index contributed by atoms with van der Waals surface area (Å²) in [4.78, 5) is 18.0. The monoisotopic (exact) mass is 290 g/mol. The number of thiazole rings is 1. The van der Waals surface area contributed by atoms with Gasteiger partial charge in [0.2, 0.25) is 0 Å². The van der Waals surface area contributed by atoms with Crippen molar-refractivity contribution >= 4 is 23.1 Å². The molecule has 0 radical (unpaired) electrons. The zero-order valence-corrected chi connectivity index (χ0v) is 11.8. The SMILES string of the molecule is Cc1ncc(C(O)c2ccc(N3CCOC3=O)cc2)s1. The zero-order chi connectivity index (χ0) is 14.1. The van der Waals surface area contributed by atoms with Crippen LogP contribution in [0.3, 0.4) is 0 Å². The van der Waals surface area contributed by atoms with Crippen LogP contribution in [0.4, 0.5) is 10.5 Å². The van der Waals surface area contributed by atoms with Crippen LogP contribution in [0.5, 0.6) is 0 Å². The molecule has 0 bridgehead atoms. The van der Waals surface area contributed by atoms with Crippen molar-refractivity contribution in [3.05, 3.63) is 45.9 Å². The van der Waals surface area contributed by atoms with Crippen molar-refractivity contribution in [3.63, 3.8) is 0 Å². The molecule has 1 atom stereocenters. The van der Waals surface area contributed by atoms with Gasteiger partial charge in [-0.3, -0.25) is 4.90 Å². The maximum absolute atomic E-state index is 11.5. The summed E-state index contributed by atoms with van der Waals surface area (Å²) in [5.74, 6) is 0. The molecule has 0 aliphatic carbocycles. The van der Waals surface area contributed by atoms with Crippen LogP contribution in [0, 0.1) is 6.92 Å². The Balaban J connectivity index is 1.80. The van der Waals surface area contributed by atoms with Crippen LogP contribution in [0.15, 0.2) is 30.5 Å². The highest BCUT2D eigenvalue weighted by Gasteiger charge is 2.23. The number of carbonyl (C=O) groups excluding carboxylic acids is 1. The van der Waals surface area contributed by atoms with Crippen molar-refractivity contribution in [3.8, 4) is 0 Å². The molecule has 2 aromatic rings. The number of cyclic esters (lactones) is 1. The first kappa shape index (κ1) is 13.1. The van der Waals surface area contributed by atoms with E-state index in [0.717, 1.165) is 21.1 Å². The molecule has 0 spiro atoms. The molecular weight excluding hydrogens is 276 g/mol. The lowest BCUT2D eigenvalue weighted by molar-refractivity contribution is 0.181. The molecule has 1 aromatic heterocycles. The Morgan fingerprint density at radius 2 is 2.15 bits per heavy atom. The molecule has 1 fully saturated rings. The lowest BCUT2D eigenvalue weighted by Gasteiger charge is -2.14. The van der Waals surface area contributed by atoms with Crippen LogP contribution in [0.2, 0.25) is 0 Å². The number of aryl methyl sites for hydroxylation is 1. The first-order valence-electron chi connectivity index (χ1n) is 6.30. The average molecular weight is 290 g/mol. The second-order valence-corrected chi connectivity index (χ2v) is 5.81. The van der Waals surface area contributed by atoms with Crippen LogP contribution >= 0.6 is 11.3 Å². The Bertz CT molecular complexity index is 624. The number of aliphatic hydroxyl groups excluding tert-OH is 1. The summed E-state index contributed by atoms with van der Waals surface area (Å²) in [5, 5.41) is 11.2. The molecule has 6 heteroatoms. The highest BCUT2D eigenvalue weighted by Crippen LogP contribution is 2.28. The molecule has 104 valence electrons.